The number of hydrogen-bond acceptors (Lipinski definition) is 3. The molecular formula is C12H21NOS. The topological polar surface area (TPSA) is 29.4 Å². The summed E-state index contributed by atoms with van der Waals surface area (Å²) in [5.74, 6) is 2.21. The standard InChI is InChI=1S/C12H21NOS/c1-8(2)10(12(14)9(3)4)7-11-13-5-6-15-11/h8-10H,5-7H2,1-4H3. The minimum Gasteiger partial charge on any atom is -0.299 e. The van der Waals surface area contributed by atoms with Crippen LogP contribution >= 0.6 is 11.8 Å². The monoisotopic (exact) mass is 227 g/mol. The zero-order valence-corrected chi connectivity index (χ0v) is 10.9. The van der Waals surface area contributed by atoms with E-state index in [4.69, 9.17) is 0 Å². The number of hydrogen-bond donors (Lipinski definition) is 0. The molecule has 0 aromatic rings. The molecule has 3 heteroatoms. The van der Waals surface area contributed by atoms with Crippen molar-refractivity contribution in [2.24, 2.45) is 22.7 Å². The Balaban J connectivity index is 2.61. The number of carbonyl (C=O) groups excluding carboxylic acids is 1. The summed E-state index contributed by atoms with van der Waals surface area (Å²) in [4.78, 5) is 16.4. The fourth-order valence-electron chi connectivity index (χ4n) is 1.78. The van der Waals surface area contributed by atoms with Gasteiger partial charge in [0.25, 0.3) is 0 Å². The number of Topliss-reactive ketones (excluding diaryl/α,β-unsaturated/α-hetero) is 1. The lowest BCUT2D eigenvalue weighted by Gasteiger charge is -2.21. The molecule has 0 saturated carbocycles. The van der Waals surface area contributed by atoms with Crippen molar-refractivity contribution in [2.45, 2.75) is 34.1 Å². The Bertz CT molecular complexity index is 258. The lowest BCUT2D eigenvalue weighted by molar-refractivity contribution is -0.126. The van der Waals surface area contributed by atoms with Crippen LogP contribution < -0.4 is 0 Å². The van der Waals surface area contributed by atoms with Crippen LogP contribution in [-0.4, -0.2) is 23.1 Å². The van der Waals surface area contributed by atoms with Crippen LogP contribution in [0.1, 0.15) is 34.1 Å². The molecule has 0 radical (unpaired) electrons. The smallest absolute Gasteiger partial charge is 0.139 e. The molecule has 0 aliphatic carbocycles. The van der Waals surface area contributed by atoms with Crippen molar-refractivity contribution < 1.29 is 4.79 Å². The zero-order chi connectivity index (χ0) is 11.4. The molecule has 86 valence electrons. The molecule has 1 atom stereocenters. The summed E-state index contributed by atoms with van der Waals surface area (Å²) in [6, 6.07) is 0. The molecule has 0 saturated heterocycles. The summed E-state index contributed by atoms with van der Waals surface area (Å²) in [7, 11) is 0. The summed E-state index contributed by atoms with van der Waals surface area (Å²) >= 11 is 1.82. The molecule has 0 aromatic heterocycles. The van der Waals surface area contributed by atoms with Gasteiger partial charge in [0.2, 0.25) is 0 Å². The van der Waals surface area contributed by atoms with Gasteiger partial charge in [-0.2, -0.15) is 0 Å². The molecule has 1 aliphatic rings. The highest BCUT2D eigenvalue weighted by atomic mass is 32.2. The van der Waals surface area contributed by atoms with Gasteiger partial charge in [0.15, 0.2) is 0 Å². The molecule has 0 amide bonds. The van der Waals surface area contributed by atoms with Crippen LogP contribution in [0.15, 0.2) is 4.99 Å². The second-order valence-corrected chi connectivity index (χ2v) is 5.90. The van der Waals surface area contributed by atoms with Gasteiger partial charge in [-0.3, -0.25) is 9.79 Å². The van der Waals surface area contributed by atoms with Crippen molar-refractivity contribution >= 4 is 22.6 Å². The predicted octanol–water partition coefficient (Wildman–Crippen LogP) is 3.02. The SMILES string of the molecule is CC(C)C(=O)C(CC1=NCCS1)C(C)C. The van der Waals surface area contributed by atoms with E-state index >= 15 is 0 Å². The first-order valence-corrected chi connectivity index (χ1v) is 6.70. The summed E-state index contributed by atoms with van der Waals surface area (Å²) in [5.41, 5.74) is 0. The first-order valence-electron chi connectivity index (χ1n) is 5.72. The van der Waals surface area contributed by atoms with Crippen molar-refractivity contribution in [3.8, 4) is 0 Å². The molecule has 1 aliphatic heterocycles. The van der Waals surface area contributed by atoms with E-state index in [2.05, 4.69) is 18.8 Å². The van der Waals surface area contributed by atoms with Gasteiger partial charge in [0.1, 0.15) is 5.78 Å². The summed E-state index contributed by atoms with van der Waals surface area (Å²) in [6.07, 6.45) is 0.860. The zero-order valence-electron chi connectivity index (χ0n) is 10.1. The van der Waals surface area contributed by atoms with Gasteiger partial charge >= 0.3 is 0 Å². The number of nitrogens with zero attached hydrogens (tertiary/aromatic N) is 1. The van der Waals surface area contributed by atoms with Gasteiger partial charge in [-0.1, -0.05) is 27.7 Å². The second-order valence-electron chi connectivity index (χ2n) is 4.74. The molecule has 0 N–H and O–H groups in total. The molecule has 2 nitrogen and oxygen atoms in total. The number of aliphatic imine (C=N–C) groups is 1. The quantitative estimate of drug-likeness (QED) is 0.722. The van der Waals surface area contributed by atoms with Crippen molar-refractivity contribution in [1.82, 2.24) is 0 Å². The van der Waals surface area contributed by atoms with E-state index in [-0.39, 0.29) is 11.8 Å². The maximum atomic E-state index is 12.0. The molecule has 1 unspecified atom stereocenters. The maximum Gasteiger partial charge on any atom is 0.139 e. The van der Waals surface area contributed by atoms with E-state index in [0.29, 0.717) is 11.7 Å². The third-order valence-electron chi connectivity index (χ3n) is 2.78. The fourth-order valence-corrected chi connectivity index (χ4v) is 2.68. The first kappa shape index (κ1) is 12.8. The summed E-state index contributed by atoms with van der Waals surface area (Å²) < 4.78 is 0. The van der Waals surface area contributed by atoms with Crippen LogP contribution in [-0.2, 0) is 4.79 Å². The molecule has 15 heavy (non-hydrogen) atoms. The molecule has 0 fully saturated rings. The van der Waals surface area contributed by atoms with E-state index in [9.17, 15) is 4.79 Å². The average Bonchev–Trinajstić information content (AvgIpc) is 2.64. The maximum absolute atomic E-state index is 12.0. The number of carbonyl (C=O) groups is 1. The largest absolute Gasteiger partial charge is 0.299 e. The van der Waals surface area contributed by atoms with Crippen LogP contribution in [0.3, 0.4) is 0 Å². The van der Waals surface area contributed by atoms with Crippen molar-refractivity contribution in [3.05, 3.63) is 0 Å². The first-order chi connectivity index (χ1) is 7.02. The Morgan fingerprint density at radius 2 is 2.07 bits per heavy atom. The summed E-state index contributed by atoms with van der Waals surface area (Å²) in [6.45, 7) is 9.17. The fraction of sp³-hybridized carbons (Fsp3) is 0.833. The number of ketones is 1. The van der Waals surface area contributed by atoms with Crippen LogP contribution in [0, 0.1) is 17.8 Å². The number of thioether (sulfide) groups is 1. The van der Waals surface area contributed by atoms with E-state index in [0.717, 1.165) is 18.7 Å². The Morgan fingerprint density at radius 1 is 1.40 bits per heavy atom. The molecule has 1 rings (SSSR count). The molecule has 0 aromatic carbocycles. The third-order valence-corrected chi connectivity index (χ3v) is 3.80. The minimum absolute atomic E-state index is 0.143. The highest BCUT2D eigenvalue weighted by Gasteiger charge is 2.26. The van der Waals surface area contributed by atoms with Gasteiger partial charge in [0.05, 0.1) is 5.04 Å². The van der Waals surface area contributed by atoms with E-state index < -0.39 is 0 Å². The Kier molecular flexibility index (Phi) is 4.84. The molecular weight excluding hydrogens is 206 g/mol. The van der Waals surface area contributed by atoms with Gasteiger partial charge in [-0.25, -0.2) is 0 Å². The lowest BCUT2D eigenvalue weighted by Crippen LogP contribution is -2.26. The van der Waals surface area contributed by atoms with E-state index in [1.165, 1.54) is 5.04 Å². The Hall–Kier alpha value is -0.310. The molecule has 1 heterocycles. The lowest BCUT2D eigenvalue weighted by atomic mass is 9.84. The Morgan fingerprint density at radius 3 is 2.47 bits per heavy atom. The van der Waals surface area contributed by atoms with Gasteiger partial charge < -0.3 is 0 Å². The van der Waals surface area contributed by atoms with Gasteiger partial charge in [0, 0.05) is 30.6 Å². The highest BCUT2D eigenvalue weighted by Crippen LogP contribution is 2.26. The van der Waals surface area contributed by atoms with E-state index in [1.54, 1.807) is 0 Å². The van der Waals surface area contributed by atoms with E-state index in [1.807, 2.05) is 25.6 Å². The summed E-state index contributed by atoms with van der Waals surface area (Å²) in [5, 5.41) is 1.18. The van der Waals surface area contributed by atoms with Gasteiger partial charge in [-0.05, 0) is 5.92 Å². The van der Waals surface area contributed by atoms with Crippen LogP contribution in [0.2, 0.25) is 0 Å². The number of rotatable bonds is 5. The van der Waals surface area contributed by atoms with Gasteiger partial charge in [-0.15, -0.1) is 11.8 Å². The van der Waals surface area contributed by atoms with Crippen LogP contribution in [0.5, 0.6) is 0 Å². The average molecular weight is 227 g/mol. The predicted molar refractivity (Wildman–Crippen MR) is 67.6 cm³/mol. The van der Waals surface area contributed by atoms with Crippen molar-refractivity contribution in [1.29, 1.82) is 0 Å². The van der Waals surface area contributed by atoms with Crippen LogP contribution in [0.4, 0.5) is 0 Å². The second kappa shape index (κ2) is 5.69. The molecule has 0 spiro atoms. The Labute approximate surface area is 96.9 Å². The molecule has 0 bridgehead atoms. The normalized spacial score (nSPS) is 18.4. The highest BCUT2D eigenvalue weighted by molar-refractivity contribution is 8.14. The third kappa shape index (κ3) is 3.63. The van der Waals surface area contributed by atoms with Crippen molar-refractivity contribution in [2.75, 3.05) is 12.3 Å². The van der Waals surface area contributed by atoms with Crippen LogP contribution in [0.25, 0.3) is 0 Å². The van der Waals surface area contributed by atoms with Crippen molar-refractivity contribution in [3.63, 3.8) is 0 Å². The minimum atomic E-state index is 0.143.